The molecule has 2 heterocycles. The zero-order valence-electron chi connectivity index (χ0n) is 12.4. The summed E-state index contributed by atoms with van der Waals surface area (Å²) in [7, 11) is 0. The van der Waals surface area contributed by atoms with E-state index < -0.39 is 0 Å². The Morgan fingerprint density at radius 2 is 2.43 bits per heavy atom. The maximum absolute atomic E-state index is 12.4. The minimum Gasteiger partial charge on any atom is -0.345 e. The summed E-state index contributed by atoms with van der Waals surface area (Å²) in [5.74, 6) is 1.53. The van der Waals surface area contributed by atoms with E-state index in [4.69, 9.17) is 0 Å². The first-order valence-corrected chi connectivity index (χ1v) is 8.31. The van der Waals surface area contributed by atoms with Gasteiger partial charge in [-0.05, 0) is 37.7 Å². The van der Waals surface area contributed by atoms with Gasteiger partial charge in [0, 0.05) is 16.8 Å². The third kappa shape index (κ3) is 2.85. The van der Waals surface area contributed by atoms with Gasteiger partial charge in [0.05, 0.1) is 12.1 Å². The number of thiophene rings is 1. The number of carbonyl (C=O) groups excluding carboxylic acids is 1. The number of rotatable bonds is 4. The van der Waals surface area contributed by atoms with Gasteiger partial charge in [0.2, 0.25) is 0 Å². The number of nitrogens with zero attached hydrogens (tertiary/aromatic N) is 3. The molecule has 6 heteroatoms. The summed E-state index contributed by atoms with van der Waals surface area (Å²) in [4.78, 5) is 13.8. The highest BCUT2D eigenvalue weighted by molar-refractivity contribution is 7.10. The number of hydrogen-bond acceptors (Lipinski definition) is 4. The highest BCUT2D eigenvalue weighted by atomic mass is 32.1. The predicted octanol–water partition coefficient (Wildman–Crippen LogP) is 2.41. The van der Waals surface area contributed by atoms with E-state index >= 15 is 0 Å². The molecule has 1 unspecified atom stereocenters. The summed E-state index contributed by atoms with van der Waals surface area (Å²) < 4.78 is 1.94. The molecule has 1 N–H and O–H groups in total. The lowest BCUT2D eigenvalue weighted by Crippen LogP contribution is -2.25. The Kier molecular flexibility index (Phi) is 4.05. The molecule has 21 heavy (non-hydrogen) atoms. The van der Waals surface area contributed by atoms with Gasteiger partial charge >= 0.3 is 0 Å². The Balaban J connectivity index is 1.69. The van der Waals surface area contributed by atoms with Crippen molar-refractivity contribution in [3.05, 3.63) is 33.5 Å². The van der Waals surface area contributed by atoms with Crippen molar-refractivity contribution in [1.29, 1.82) is 0 Å². The van der Waals surface area contributed by atoms with Crippen LogP contribution in [0.15, 0.2) is 11.7 Å². The Morgan fingerprint density at radius 1 is 1.57 bits per heavy atom. The number of fused-ring (bicyclic) bond motifs is 1. The van der Waals surface area contributed by atoms with Crippen molar-refractivity contribution in [3.63, 3.8) is 0 Å². The van der Waals surface area contributed by atoms with Gasteiger partial charge in [-0.2, -0.15) is 0 Å². The molecule has 112 valence electrons. The predicted molar refractivity (Wildman–Crippen MR) is 82.4 cm³/mol. The SMILES string of the molecule is CCn1cnnc1CNC(=O)c1csc2c1CCC(C)C2. The van der Waals surface area contributed by atoms with Crippen molar-refractivity contribution in [1.82, 2.24) is 20.1 Å². The zero-order chi connectivity index (χ0) is 14.8. The highest BCUT2D eigenvalue weighted by Crippen LogP contribution is 2.32. The summed E-state index contributed by atoms with van der Waals surface area (Å²) in [5, 5.41) is 12.9. The molecule has 1 amide bonds. The van der Waals surface area contributed by atoms with Crippen molar-refractivity contribution >= 4 is 17.2 Å². The van der Waals surface area contributed by atoms with E-state index in [2.05, 4.69) is 22.4 Å². The molecule has 1 atom stereocenters. The van der Waals surface area contributed by atoms with E-state index in [9.17, 15) is 4.79 Å². The maximum Gasteiger partial charge on any atom is 0.252 e. The minimum atomic E-state index is 0.00714. The van der Waals surface area contributed by atoms with Crippen LogP contribution in [0.3, 0.4) is 0 Å². The molecule has 2 aromatic rings. The fraction of sp³-hybridized carbons (Fsp3) is 0.533. The molecular formula is C15H20N4OS. The van der Waals surface area contributed by atoms with Crippen molar-refractivity contribution in [2.45, 2.75) is 46.2 Å². The van der Waals surface area contributed by atoms with Crippen molar-refractivity contribution in [2.24, 2.45) is 5.92 Å². The average molecular weight is 304 g/mol. The molecular weight excluding hydrogens is 284 g/mol. The normalized spacial score (nSPS) is 17.5. The van der Waals surface area contributed by atoms with Crippen LogP contribution in [-0.2, 0) is 25.9 Å². The number of aromatic nitrogens is 3. The molecule has 0 saturated carbocycles. The summed E-state index contributed by atoms with van der Waals surface area (Å²) in [6.45, 7) is 5.54. The topological polar surface area (TPSA) is 59.8 Å². The number of nitrogens with one attached hydrogen (secondary N) is 1. The van der Waals surface area contributed by atoms with E-state index in [1.54, 1.807) is 17.7 Å². The largest absolute Gasteiger partial charge is 0.345 e. The first kappa shape index (κ1) is 14.3. The lowest BCUT2D eigenvalue weighted by Gasteiger charge is -2.18. The summed E-state index contributed by atoms with van der Waals surface area (Å²) in [5.41, 5.74) is 2.11. The van der Waals surface area contributed by atoms with Crippen molar-refractivity contribution in [3.8, 4) is 0 Å². The molecule has 0 fully saturated rings. The van der Waals surface area contributed by atoms with Gasteiger partial charge < -0.3 is 9.88 Å². The quantitative estimate of drug-likeness (QED) is 0.943. The molecule has 2 aromatic heterocycles. The molecule has 0 radical (unpaired) electrons. The number of carbonyl (C=O) groups is 1. The smallest absolute Gasteiger partial charge is 0.252 e. The summed E-state index contributed by atoms with van der Waals surface area (Å²) in [6.07, 6.45) is 4.99. The third-order valence-corrected chi connectivity index (χ3v) is 5.14. The first-order valence-electron chi connectivity index (χ1n) is 7.43. The summed E-state index contributed by atoms with van der Waals surface area (Å²) >= 11 is 1.72. The van der Waals surface area contributed by atoms with E-state index in [0.717, 1.165) is 36.7 Å². The average Bonchev–Trinajstić information content (AvgIpc) is 3.10. The van der Waals surface area contributed by atoms with Gasteiger partial charge in [-0.25, -0.2) is 0 Å². The zero-order valence-corrected chi connectivity index (χ0v) is 13.2. The number of hydrogen-bond donors (Lipinski definition) is 1. The Labute approximate surface area is 128 Å². The van der Waals surface area contributed by atoms with Gasteiger partial charge in [0.25, 0.3) is 5.91 Å². The van der Waals surface area contributed by atoms with E-state index in [1.165, 1.54) is 16.9 Å². The minimum absolute atomic E-state index is 0.00714. The van der Waals surface area contributed by atoms with Crippen LogP contribution in [0.5, 0.6) is 0 Å². The lowest BCUT2D eigenvalue weighted by atomic mass is 9.88. The second-order valence-corrected chi connectivity index (χ2v) is 6.58. The highest BCUT2D eigenvalue weighted by Gasteiger charge is 2.23. The maximum atomic E-state index is 12.4. The molecule has 5 nitrogen and oxygen atoms in total. The fourth-order valence-corrected chi connectivity index (χ4v) is 4.05. The van der Waals surface area contributed by atoms with Crippen LogP contribution in [-0.4, -0.2) is 20.7 Å². The molecule has 1 aliphatic carbocycles. The number of amides is 1. The van der Waals surface area contributed by atoms with Crippen LogP contribution in [0.2, 0.25) is 0 Å². The van der Waals surface area contributed by atoms with Crippen LogP contribution in [0, 0.1) is 5.92 Å². The van der Waals surface area contributed by atoms with Gasteiger partial charge in [-0.1, -0.05) is 6.92 Å². The Morgan fingerprint density at radius 3 is 3.24 bits per heavy atom. The van der Waals surface area contributed by atoms with Crippen molar-refractivity contribution < 1.29 is 4.79 Å². The second kappa shape index (κ2) is 5.97. The van der Waals surface area contributed by atoms with Gasteiger partial charge in [-0.15, -0.1) is 21.5 Å². The molecule has 3 rings (SSSR count). The molecule has 1 aliphatic rings. The Hall–Kier alpha value is -1.69. The molecule has 0 saturated heterocycles. The van der Waals surface area contributed by atoms with E-state index in [-0.39, 0.29) is 5.91 Å². The van der Waals surface area contributed by atoms with E-state index in [0.29, 0.717) is 6.54 Å². The fourth-order valence-electron chi connectivity index (χ4n) is 2.80. The van der Waals surface area contributed by atoms with Crippen LogP contribution < -0.4 is 5.32 Å². The van der Waals surface area contributed by atoms with Gasteiger partial charge in [0.15, 0.2) is 5.82 Å². The van der Waals surface area contributed by atoms with Crippen LogP contribution in [0.25, 0.3) is 0 Å². The lowest BCUT2D eigenvalue weighted by molar-refractivity contribution is 0.0948. The van der Waals surface area contributed by atoms with Gasteiger partial charge in [-0.3, -0.25) is 4.79 Å². The second-order valence-electron chi connectivity index (χ2n) is 5.61. The molecule has 0 spiro atoms. The van der Waals surface area contributed by atoms with Gasteiger partial charge in [0.1, 0.15) is 6.33 Å². The monoisotopic (exact) mass is 304 g/mol. The first-order chi connectivity index (χ1) is 10.2. The van der Waals surface area contributed by atoms with Crippen LogP contribution in [0.4, 0.5) is 0 Å². The number of aryl methyl sites for hydroxylation is 1. The van der Waals surface area contributed by atoms with E-state index in [1.807, 2.05) is 16.9 Å². The third-order valence-electron chi connectivity index (χ3n) is 4.09. The Bertz CT molecular complexity index is 646. The molecule has 0 aromatic carbocycles. The van der Waals surface area contributed by atoms with Crippen molar-refractivity contribution in [2.75, 3.05) is 0 Å². The molecule has 0 aliphatic heterocycles. The van der Waals surface area contributed by atoms with Crippen LogP contribution in [0.1, 0.15) is 46.9 Å². The standard InChI is InChI=1S/C15H20N4OS/c1-3-19-9-17-18-14(19)7-16-15(20)12-8-21-13-6-10(2)4-5-11(12)13/h8-10H,3-7H2,1-2H3,(H,16,20). The molecule has 0 bridgehead atoms. The van der Waals surface area contributed by atoms with Crippen LogP contribution >= 0.6 is 11.3 Å². The summed E-state index contributed by atoms with van der Waals surface area (Å²) in [6, 6.07) is 0.